The topological polar surface area (TPSA) is 48.5 Å². The average molecular weight is 290 g/mol. The third kappa shape index (κ3) is 4.51. The molecule has 0 radical (unpaired) electrons. The van der Waals surface area contributed by atoms with E-state index in [0.29, 0.717) is 12.5 Å². The predicted octanol–water partition coefficient (Wildman–Crippen LogP) is 0.970. The van der Waals surface area contributed by atoms with E-state index in [2.05, 4.69) is 22.1 Å². The van der Waals surface area contributed by atoms with Crippen LogP contribution in [0.5, 0.6) is 0 Å². The van der Waals surface area contributed by atoms with Crippen LogP contribution in [-0.4, -0.2) is 60.5 Å². The Morgan fingerprint density at radius 2 is 2.24 bits per heavy atom. The largest absolute Gasteiger partial charge is 0.336 e. The number of hydrogen-bond donors (Lipinski definition) is 1. The van der Waals surface area contributed by atoms with Crippen molar-refractivity contribution in [2.45, 2.75) is 25.9 Å². The van der Waals surface area contributed by atoms with Gasteiger partial charge in [-0.1, -0.05) is 13.0 Å². The molecule has 21 heavy (non-hydrogen) atoms. The van der Waals surface area contributed by atoms with E-state index in [0.717, 1.165) is 31.6 Å². The van der Waals surface area contributed by atoms with Crippen molar-refractivity contribution >= 4 is 5.91 Å². The zero-order chi connectivity index (χ0) is 15.2. The SMILES string of the molecule is CC1CCNC1C(=O)N(CCN(C)C)Cc1cccnc1. The molecule has 1 aromatic rings. The van der Waals surface area contributed by atoms with Gasteiger partial charge in [0, 0.05) is 32.0 Å². The predicted molar refractivity (Wildman–Crippen MR) is 83.8 cm³/mol. The second-order valence-corrected chi connectivity index (χ2v) is 6.12. The summed E-state index contributed by atoms with van der Waals surface area (Å²) in [5.41, 5.74) is 1.08. The van der Waals surface area contributed by atoms with Crippen LogP contribution in [0.4, 0.5) is 0 Å². The van der Waals surface area contributed by atoms with Crippen LogP contribution < -0.4 is 5.32 Å². The summed E-state index contributed by atoms with van der Waals surface area (Å²) in [6.45, 7) is 5.33. The number of rotatable bonds is 6. The van der Waals surface area contributed by atoms with E-state index in [4.69, 9.17) is 0 Å². The fourth-order valence-corrected chi connectivity index (χ4v) is 2.66. The van der Waals surface area contributed by atoms with E-state index in [1.165, 1.54) is 0 Å². The van der Waals surface area contributed by atoms with Crippen molar-refractivity contribution < 1.29 is 4.79 Å². The Balaban J connectivity index is 2.05. The number of aromatic nitrogens is 1. The summed E-state index contributed by atoms with van der Waals surface area (Å²) in [6, 6.07) is 3.90. The van der Waals surface area contributed by atoms with E-state index < -0.39 is 0 Å². The van der Waals surface area contributed by atoms with Gasteiger partial charge in [-0.15, -0.1) is 0 Å². The molecule has 1 fully saturated rings. The maximum absolute atomic E-state index is 12.8. The second-order valence-electron chi connectivity index (χ2n) is 6.12. The highest BCUT2D eigenvalue weighted by atomic mass is 16.2. The summed E-state index contributed by atoms with van der Waals surface area (Å²) in [7, 11) is 4.06. The minimum absolute atomic E-state index is 0.0381. The van der Waals surface area contributed by atoms with Gasteiger partial charge in [-0.3, -0.25) is 9.78 Å². The molecule has 1 aromatic heterocycles. The Morgan fingerprint density at radius 1 is 1.43 bits per heavy atom. The van der Waals surface area contributed by atoms with Gasteiger partial charge in [0.05, 0.1) is 6.04 Å². The van der Waals surface area contributed by atoms with Crippen molar-refractivity contribution in [3.8, 4) is 0 Å². The van der Waals surface area contributed by atoms with Crippen LogP contribution >= 0.6 is 0 Å². The highest BCUT2D eigenvalue weighted by Crippen LogP contribution is 2.17. The molecule has 1 amide bonds. The molecule has 0 aromatic carbocycles. The monoisotopic (exact) mass is 290 g/mol. The Labute approximate surface area is 127 Å². The molecule has 0 saturated carbocycles. The molecular weight excluding hydrogens is 264 g/mol. The summed E-state index contributed by atoms with van der Waals surface area (Å²) in [4.78, 5) is 21.0. The van der Waals surface area contributed by atoms with Crippen molar-refractivity contribution in [1.82, 2.24) is 20.1 Å². The molecule has 2 atom stereocenters. The normalized spacial score (nSPS) is 21.7. The fraction of sp³-hybridized carbons (Fsp3) is 0.625. The van der Waals surface area contributed by atoms with E-state index in [1.54, 1.807) is 6.20 Å². The lowest BCUT2D eigenvalue weighted by molar-refractivity contribution is -0.134. The first-order valence-corrected chi connectivity index (χ1v) is 7.63. The van der Waals surface area contributed by atoms with Crippen LogP contribution in [0.1, 0.15) is 18.9 Å². The lowest BCUT2D eigenvalue weighted by atomic mass is 10.0. The molecule has 0 aliphatic carbocycles. The molecule has 0 bridgehead atoms. The molecule has 0 spiro atoms. The van der Waals surface area contributed by atoms with Gasteiger partial charge < -0.3 is 15.1 Å². The van der Waals surface area contributed by atoms with E-state index >= 15 is 0 Å². The van der Waals surface area contributed by atoms with Crippen LogP contribution in [0, 0.1) is 5.92 Å². The van der Waals surface area contributed by atoms with Crippen LogP contribution in [0.25, 0.3) is 0 Å². The molecular formula is C16H26N4O. The molecule has 1 saturated heterocycles. The minimum atomic E-state index is -0.0381. The lowest BCUT2D eigenvalue weighted by Gasteiger charge is -2.28. The van der Waals surface area contributed by atoms with Crippen LogP contribution in [-0.2, 0) is 11.3 Å². The molecule has 1 aliphatic heterocycles. The highest BCUT2D eigenvalue weighted by Gasteiger charge is 2.32. The van der Waals surface area contributed by atoms with Gasteiger partial charge in [-0.25, -0.2) is 0 Å². The number of carbonyl (C=O) groups excluding carboxylic acids is 1. The standard InChI is InChI=1S/C16H26N4O/c1-13-6-8-18-15(13)16(21)20(10-9-19(2)3)12-14-5-4-7-17-11-14/h4-5,7,11,13,15,18H,6,8-10,12H2,1-3H3. The fourth-order valence-electron chi connectivity index (χ4n) is 2.66. The maximum Gasteiger partial charge on any atom is 0.240 e. The average Bonchev–Trinajstić information content (AvgIpc) is 2.90. The highest BCUT2D eigenvalue weighted by molar-refractivity contribution is 5.82. The zero-order valence-electron chi connectivity index (χ0n) is 13.2. The van der Waals surface area contributed by atoms with Crippen LogP contribution in [0.2, 0.25) is 0 Å². The van der Waals surface area contributed by atoms with Crippen LogP contribution in [0.15, 0.2) is 24.5 Å². The van der Waals surface area contributed by atoms with E-state index in [9.17, 15) is 4.79 Å². The molecule has 2 unspecified atom stereocenters. The molecule has 5 nitrogen and oxygen atoms in total. The Bertz CT molecular complexity index is 449. The summed E-state index contributed by atoms with van der Waals surface area (Å²) in [5.74, 6) is 0.624. The molecule has 1 N–H and O–H groups in total. The van der Waals surface area contributed by atoms with Gasteiger partial charge in [0.25, 0.3) is 0 Å². The lowest BCUT2D eigenvalue weighted by Crippen LogP contribution is -2.47. The van der Waals surface area contributed by atoms with Gasteiger partial charge >= 0.3 is 0 Å². The first kappa shape index (κ1) is 15.9. The molecule has 2 rings (SSSR count). The minimum Gasteiger partial charge on any atom is -0.336 e. The summed E-state index contributed by atoms with van der Waals surface area (Å²) >= 11 is 0. The third-order valence-corrected chi connectivity index (χ3v) is 4.02. The number of likely N-dealkylation sites (N-methyl/N-ethyl adjacent to an activating group) is 1. The second kappa shape index (κ2) is 7.52. The number of hydrogen-bond acceptors (Lipinski definition) is 4. The molecule has 1 aliphatic rings. The molecule has 116 valence electrons. The van der Waals surface area contributed by atoms with Crippen molar-refractivity contribution in [2.24, 2.45) is 5.92 Å². The number of nitrogens with zero attached hydrogens (tertiary/aromatic N) is 3. The van der Waals surface area contributed by atoms with Gasteiger partial charge in [0.2, 0.25) is 5.91 Å². The van der Waals surface area contributed by atoms with E-state index in [1.807, 2.05) is 37.3 Å². The van der Waals surface area contributed by atoms with E-state index in [-0.39, 0.29) is 11.9 Å². The smallest absolute Gasteiger partial charge is 0.240 e. The summed E-state index contributed by atoms with van der Waals surface area (Å²) in [5, 5.41) is 3.34. The van der Waals surface area contributed by atoms with Crippen molar-refractivity contribution in [3.63, 3.8) is 0 Å². The van der Waals surface area contributed by atoms with Crippen molar-refractivity contribution in [2.75, 3.05) is 33.7 Å². The Kier molecular flexibility index (Phi) is 5.70. The molecule has 5 heteroatoms. The molecule has 2 heterocycles. The summed E-state index contributed by atoms with van der Waals surface area (Å²) < 4.78 is 0. The Morgan fingerprint density at radius 3 is 2.81 bits per heavy atom. The van der Waals surface area contributed by atoms with Gasteiger partial charge in [0.1, 0.15) is 0 Å². The zero-order valence-corrected chi connectivity index (χ0v) is 13.2. The number of amides is 1. The first-order chi connectivity index (χ1) is 10.1. The number of carbonyl (C=O) groups is 1. The van der Waals surface area contributed by atoms with Crippen molar-refractivity contribution in [3.05, 3.63) is 30.1 Å². The van der Waals surface area contributed by atoms with Gasteiger partial charge in [-0.2, -0.15) is 0 Å². The van der Waals surface area contributed by atoms with Gasteiger partial charge in [-0.05, 0) is 44.6 Å². The van der Waals surface area contributed by atoms with Crippen molar-refractivity contribution in [1.29, 1.82) is 0 Å². The Hall–Kier alpha value is -1.46. The van der Waals surface area contributed by atoms with Gasteiger partial charge in [0.15, 0.2) is 0 Å². The quantitative estimate of drug-likeness (QED) is 0.848. The number of nitrogens with one attached hydrogen (secondary N) is 1. The number of pyridine rings is 1. The third-order valence-electron chi connectivity index (χ3n) is 4.02. The first-order valence-electron chi connectivity index (χ1n) is 7.63. The maximum atomic E-state index is 12.8. The van der Waals surface area contributed by atoms with Crippen LogP contribution in [0.3, 0.4) is 0 Å². The summed E-state index contributed by atoms with van der Waals surface area (Å²) in [6.07, 6.45) is 4.67.